The fourth-order valence-electron chi connectivity index (χ4n) is 4.71. The predicted molar refractivity (Wildman–Crippen MR) is 136 cm³/mol. The maximum Gasteiger partial charge on any atom is 0.307 e. The van der Waals surface area contributed by atoms with Gasteiger partial charge in [-0.25, -0.2) is 0 Å². The van der Waals surface area contributed by atoms with E-state index in [1.165, 1.54) is 12.7 Å². The maximum absolute atomic E-state index is 11.9. The fraction of sp³-hybridized carbons (Fsp3) is 0.400. The number of pyridine rings is 1. The lowest BCUT2D eigenvalue weighted by molar-refractivity contribution is -0.140. The van der Waals surface area contributed by atoms with E-state index in [9.17, 15) is 4.79 Å². The molecule has 0 aliphatic carbocycles. The number of hydrogen-bond donors (Lipinski definition) is 1. The highest BCUT2D eigenvalue weighted by molar-refractivity contribution is 7.80. The number of rotatable bonds is 5. The zero-order chi connectivity index (χ0) is 23.9. The SMILES string of the molecule is COC(=O)CCN1C(=S)N[C@@H](c2ccccn2)[C@@H]1c1cc2c(cc1Cl)N(C)C(C)(C)C=C2C. The summed E-state index contributed by atoms with van der Waals surface area (Å²) in [7, 11) is 3.48. The Morgan fingerprint density at radius 3 is 2.76 bits per heavy atom. The van der Waals surface area contributed by atoms with Crippen molar-refractivity contribution in [2.24, 2.45) is 0 Å². The molecular weight excluding hydrogens is 456 g/mol. The van der Waals surface area contributed by atoms with Crippen LogP contribution in [0.25, 0.3) is 5.57 Å². The van der Waals surface area contributed by atoms with Crippen molar-refractivity contribution in [2.45, 2.75) is 44.8 Å². The third kappa shape index (κ3) is 4.32. The van der Waals surface area contributed by atoms with Crippen LogP contribution in [0, 0.1) is 0 Å². The Morgan fingerprint density at radius 2 is 2.09 bits per heavy atom. The number of anilines is 1. The molecule has 1 aromatic heterocycles. The first-order valence-electron chi connectivity index (χ1n) is 11.0. The molecule has 4 rings (SSSR count). The monoisotopic (exact) mass is 484 g/mol. The zero-order valence-corrected chi connectivity index (χ0v) is 21.1. The van der Waals surface area contributed by atoms with E-state index in [1.54, 1.807) is 6.20 Å². The molecule has 6 nitrogen and oxygen atoms in total. The average Bonchev–Trinajstić information content (AvgIpc) is 3.11. The van der Waals surface area contributed by atoms with Gasteiger partial charge in [0.25, 0.3) is 0 Å². The number of thiocarbonyl (C=S) groups is 1. The highest BCUT2D eigenvalue weighted by Gasteiger charge is 2.41. The molecule has 0 amide bonds. The molecule has 1 fully saturated rings. The number of aromatic nitrogens is 1. The van der Waals surface area contributed by atoms with Crippen LogP contribution in [0.3, 0.4) is 0 Å². The minimum absolute atomic E-state index is 0.110. The van der Waals surface area contributed by atoms with Gasteiger partial charge in [-0.05, 0) is 68.4 Å². The van der Waals surface area contributed by atoms with Crippen LogP contribution in [0.5, 0.6) is 0 Å². The van der Waals surface area contributed by atoms with Crippen LogP contribution in [0.2, 0.25) is 5.02 Å². The predicted octanol–water partition coefficient (Wildman–Crippen LogP) is 4.90. The summed E-state index contributed by atoms with van der Waals surface area (Å²) in [5.74, 6) is -0.281. The second kappa shape index (κ2) is 8.95. The van der Waals surface area contributed by atoms with E-state index in [1.807, 2.05) is 29.2 Å². The number of likely N-dealkylation sites (N-methyl/N-ethyl adjacent to an activating group) is 1. The number of methoxy groups -OCH3 is 1. The summed E-state index contributed by atoms with van der Waals surface area (Å²) in [5.41, 5.74) is 5.14. The van der Waals surface area contributed by atoms with E-state index in [-0.39, 0.29) is 30.0 Å². The number of allylic oxidation sites excluding steroid dienone is 1. The molecule has 2 atom stereocenters. The van der Waals surface area contributed by atoms with Crippen LogP contribution in [0.15, 0.2) is 42.6 Å². The number of nitrogens with one attached hydrogen (secondary N) is 1. The Bertz CT molecular complexity index is 1120. The molecule has 1 saturated heterocycles. The van der Waals surface area contributed by atoms with Crippen LogP contribution in [0.1, 0.15) is 56.1 Å². The number of nitrogens with zero attached hydrogens (tertiary/aromatic N) is 3. The first kappa shape index (κ1) is 23.5. The Balaban J connectivity index is 1.82. The minimum Gasteiger partial charge on any atom is -0.469 e. The molecule has 2 aliphatic rings. The van der Waals surface area contributed by atoms with Gasteiger partial charge in [0, 0.05) is 36.1 Å². The topological polar surface area (TPSA) is 57.7 Å². The summed E-state index contributed by atoms with van der Waals surface area (Å²) in [4.78, 5) is 20.7. The highest BCUT2D eigenvalue weighted by atomic mass is 35.5. The number of benzene rings is 1. The van der Waals surface area contributed by atoms with E-state index >= 15 is 0 Å². The molecule has 0 unspecified atom stereocenters. The standard InChI is InChI=1S/C25H29ClN4O2S/c1-15-14-25(2,3)29(4)20-13-18(26)17(12-16(15)20)23-22(19-8-6-7-10-27-19)28-24(33)30(23)11-9-21(31)32-5/h6-8,10,12-14,22-23H,9,11H2,1-5H3,(H,28,33)/t22-,23-/m0/s1. The number of halogens is 1. The Morgan fingerprint density at radius 1 is 1.33 bits per heavy atom. The van der Waals surface area contributed by atoms with Gasteiger partial charge in [-0.15, -0.1) is 0 Å². The van der Waals surface area contributed by atoms with Crippen molar-refractivity contribution in [3.05, 3.63) is 64.4 Å². The summed E-state index contributed by atoms with van der Waals surface area (Å²) in [6.45, 7) is 6.92. The summed E-state index contributed by atoms with van der Waals surface area (Å²) in [6, 6.07) is 9.61. The molecule has 174 valence electrons. The van der Waals surface area contributed by atoms with E-state index in [0.29, 0.717) is 16.7 Å². The van der Waals surface area contributed by atoms with E-state index in [2.05, 4.69) is 55.2 Å². The van der Waals surface area contributed by atoms with Crippen molar-refractivity contribution in [1.29, 1.82) is 0 Å². The number of hydrogen-bond acceptors (Lipinski definition) is 5. The second-order valence-electron chi connectivity index (χ2n) is 9.08. The molecular formula is C25H29ClN4O2S. The number of fused-ring (bicyclic) bond motifs is 1. The zero-order valence-electron chi connectivity index (χ0n) is 19.6. The molecule has 8 heteroatoms. The van der Waals surface area contributed by atoms with E-state index in [0.717, 1.165) is 22.5 Å². The molecule has 3 heterocycles. The lowest BCUT2D eigenvalue weighted by Gasteiger charge is -2.41. The van der Waals surface area contributed by atoms with Crippen molar-refractivity contribution in [3.8, 4) is 0 Å². The molecule has 2 aromatic rings. The third-order valence-corrected chi connectivity index (χ3v) is 7.32. The molecule has 0 radical (unpaired) electrons. The van der Waals surface area contributed by atoms with Crippen molar-refractivity contribution in [3.63, 3.8) is 0 Å². The molecule has 0 bridgehead atoms. The Hall–Kier alpha value is -2.64. The average molecular weight is 485 g/mol. The lowest BCUT2D eigenvalue weighted by Crippen LogP contribution is -2.42. The van der Waals surface area contributed by atoms with Gasteiger partial charge in [-0.3, -0.25) is 9.78 Å². The maximum atomic E-state index is 11.9. The van der Waals surface area contributed by atoms with Gasteiger partial charge in [0.05, 0.1) is 36.8 Å². The molecule has 1 N–H and O–H groups in total. The first-order valence-corrected chi connectivity index (χ1v) is 11.7. The smallest absolute Gasteiger partial charge is 0.307 e. The molecule has 2 aliphatic heterocycles. The van der Waals surface area contributed by atoms with Crippen LogP contribution >= 0.6 is 23.8 Å². The molecule has 1 aromatic carbocycles. The summed E-state index contributed by atoms with van der Waals surface area (Å²) in [6.07, 6.45) is 4.27. The number of ether oxygens (including phenoxy) is 1. The van der Waals surface area contributed by atoms with Gasteiger partial charge in [0.1, 0.15) is 0 Å². The van der Waals surface area contributed by atoms with Gasteiger partial charge in [-0.1, -0.05) is 23.7 Å². The van der Waals surface area contributed by atoms with Crippen molar-refractivity contribution in [2.75, 3.05) is 25.6 Å². The largest absolute Gasteiger partial charge is 0.469 e. The van der Waals surface area contributed by atoms with Crippen LogP contribution in [0.4, 0.5) is 5.69 Å². The normalized spacial score (nSPS) is 21.4. The van der Waals surface area contributed by atoms with Crippen LogP contribution in [-0.4, -0.2) is 47.2 Å². The second-order valence-corrected chi connectivity index (χ2v) is 9.87. The van der Waals surface area contributed by atoms with Crippen molar-refractivity contribution < 1.29 is 9.53 Å². The first-order chi connectivity index (χ1) is 15.6. The fourth-order valence-corrected chi connectivity index (χ4v) is 5.31. The molecule has 0 saturated carbocycles. The summed E-state index contributed by atoms with van der Waals surface area (Å²) in [5, 5.41) is 4.64. The van der Waals surface area contributed by atoms with Gasteiger partial charge in [-0.2, -0.15) is 0 Å². The van der Waals surface area contributed by atoms with E-state index < -0.39 is 0 Å². The molecule has 0 spiro atoms. The van der Waals surface area contributed by atoms with Gasteiger partial charge < -0.3 is 19.9 Å². The van der Waals surface area contributed by atoms with Crippen molar-refractivity contribution >= 4 is 46.2 Å². The Labute approximate surface area is 205 Å². The van der Waals surface area contributed by atoms with E-state index in [4.69, 9.17) is 28.6 Å². The lowest BCUT2D eigenvalue weighted by atomic mass is 9.86. The quantitative estimate of drug-likeness (QED) is 0.478. The number of esters is 1. The molecule has 33 heavy (non-hydrogen) atoms. The summed E-state index contributed by atoms with van der Waals surface area (Å²) < 4.78 is 4.86. The van der Waals surface area contributed by atoms with Crippen LogP contribution < -0.4 is 10.2 Å². The Kier molecular flexibility index (Phi) is 6.38. The third-order valence-electron chi connectivity index (χ3n) is 6.64. The van der Waals surface area contributed by atoms with Crippen molar-refractivity contribution in [1.82, 2.24) is 15.2 Å². The number of carbonyl (C=O) groups is 1. The van der Waals surface area contributed by atoms with Gasteiger partial charge in [0.2, 0.25) is 0 Å². The highest BCUT2D eigenvalue weighted by Crippen LogP contribution is 2.46. The van der Waals surface area contributed by atoms with Gasteiger partial charge in [0.15, 0.2) is 5.11 Å². The van der Waals surface area contributed by atoms with Gasteiger partial charge >= 0.3 is 5.97 Å². The number of carbonyl (C=O) groups excluding carboxylic acids is 1. The minimum atomic E-state index is -0.281. The van der Waals surface area contributed by atoms with Crippen LogP contribution in [-0.2, 0) is 9.53 Å². The summed E-state index contributed by atoms with van der Waals surface area (Å²) >= 11 is 12.6.